The van der Waals surface area contributed by atoms with Gasteiger partial charge in [-0.05, 0) is 6.07 Å². The van der Waals surface area contributed by atoms with Gasteiger partial charge in [0.2, 0.25) is 0 Å². The number of alkyl halides is 3. The van der Waals surface area contributed by atoms with Gasteiger partial charge in [-0.2, -0.15) is 18.2 Å². The molecule has 16 heavy (non-hydrogen) atoms. The molecule has 0 radical (unpaired) electrons. The van der Waals surface area contributed by atoms with Crippen molar-refractivity contribution < 1.29 is 22.4 Å². The number of carbonyl (C=O) groups excluding carboxylic acids is 2. The third-order valence-electron chi connectivity index (χ3n) is 1.93. The summed E-state index contributed by atoms with van der Waals surface area (Å²) in [4.78, 5) is 14.2. The average molecular weight is 228 g/mol. The van der Waals surface area contributed by atoms with E-state index in [4.69, 9.17) is 0 Å². The first kappa shape index (κ1) is 10.5. The van der Waals surface area contributed by atoms with E-state index in [9.17, 15) is 18.0 Å². The maximum Gasteiger partial charge on any atom is 0.688 e. The van der Waals surface area contributed by atoms with Gasteiger partial charge in [-0.3, -0.25) is 0 Å². The Bertz CT molecular complexity index is 503. The lowest BCUT2D eigenvalue weighted by molar-refractivity contribution is -0.292. The summed E-state index contributed by atoms with van der Waals surface area (Å²) in [5.41, 5.74) is 0.993. The molecule has 2 rings (SSSR count). The van der Waals surface area contributed by atoms with Gasteiger partial charge in [-0.1, -0.05) is 18.2 Å². The van der Waals surface area contributed by atoms with Crippen molar-refractivity contribution >= 4 is 18.1 Å². The Labute approximate surface area is 87.9 Å². The number of hydrogen-bond donors (Lipinski definition) is 0. The third kappa shape index (κ3) is 1.86. The average Bonchev–Trinajstić information content (AvgIpc) is 2.61. The van der Waals surface area contributed by atoms with E-state index in [2.05, 4.69) is 9.42 Å². The number of fused-ring (bicyclic) bond motifs is 1. The minimum Gasteiger partial charge on any atom is -0.244 e. The van der Waals surface area contributed by atoms with Crippen molar-refractivity contribution in [2.45, 2.75) is 6.18 Å². The highest BCUT2D eigenvalue weighted by atomic mass is 19.4. The van der Waals surface area contributed by atoms with Crippen LogP contribution in [0.5, 0.6) is 0 Å². The Morgan fingerprint density at radius 3 is 2.62 bits per heavy atom. The Balaban J connectivity index is 2.36. The first-order valence-electron chi connectivity index (χ1n) is 4.28. The van der Waals surface area contributed by atoms with Gasteiger partial charge < -0.3 is 0 Å². The van der Waals surface area contributed by atoms with Crippen LogP contribution in [0.25, 0.3) is 0 Å². The topological polar surface area (TPSA) is 40.7 Å². The Morgan fingerprint density at radius 1 is 1.25 bits per heavy atom. The normalized spacial score (nSPS) is 16.6. The highest BCUT2D eigenvalue weighted by Gasteiger charge is 2.52. The lowest BCUT2D eigenvalue weighted by atomic mass is 10.1. The van der Waals surface area contributed by atoms with E-state index in [1.807, 2.05) is 0 Å². The minimum absolute atomic E-state index is 0.321. The van der Waals surface area contributed by atoms with Crippen LogP contribution < -0.4 is 0 Å². The number of carbonyl (C=O) groups is 1. The van der Waals surface area contributed by atoms with Crippen LogP contribution in [0.15, 0.2) is 29.3 Å². The maximum atomic E-state index is 11.9. The van der Waals surface area contributed by atoms with Crippen LogP contribution in [0.1, 0.15) is 15.6 Å². The fourth-order valence-corrected chi connectivity index (χ4v) is 1.23. The van der Waals surface area contributed by atoms with Gasteiger partial charge in [0, 0.05) is 11.8 Å². The predicted molar refractivity (Wildman–Crippen MR) is 49.4 cm³/mol. The van der Waals surface area contributed by atoms with E-state index in [0.717, 1.165) is 0 Å². The molecule has 0 bridgehead atoms. The van der Waals surface area contributed by atoms with Crippen LogP contribution in [0.4, 0.5) is 13.2 Å². The number of aliphatic imine (C=N–C) groups is 1. The molecule has 1 heterocycles. The van der Waals surface area contributed by atoms with E-state index >= 15 is 0 Å². The zero-order valence-corrected chi connectivity index (χ0v) is 7.78. The van der Waals surface area contributed by atoms with Crippen molar-refractivity contribution in [1.82, 2.24) is 0 Å². The van der Waals surface area contributed by atoms with Crippen molar-refractivity contribution in [3.8, 4) is 0 Å². The molecule has 1 aromatic rings. The smallest absolute Gasteiger partial charge is 0.244 e. The molecule has 0 N–H and O–H groups in total. The summed E-state index contributed by atoms with van der Waals surface area (Å²) in [6.45, 7) is 0. The number of amides is 1. The second-order valence-electron chi connectivity index (χ2n) is 3.04. The van der Waals surface area contributed by atoms with Gasteiger partial charge >= 0.3 is 18.1 Å². The molecular weight excluding hydrogens is 223 g/mol. The molecule has 6 heteroatoms. The SMILES string of the molecule is O=C([O+]=C1N=Cc2ccccc21)C(F)(F)F. The minimum atomic E-state index is -5.01. The van der Waals surface area contributed by atoms with Crippen LogP contribution in [0.3, 0.4) is 0 Å². The fourth-order valence-electron chi connectivity index (χ4n) is 1.23. The number of hydrogen-bond acceptors (Lipinski definition) is 1. The molecule has 3 nitrogen and oxygen atoms in total. The van der Waals surface area contributed by atoms with Crippen LogP contribution >= 0.6 is 0 Å². The fraction of sp³-hybridized carbons (Fsp3) is 0.100. The summed E-state index contributed by atoms with van der Waals surface area (Å²) in [5, 5.41) is 0. The monoisotopic (exact) mass is 228 g/mol. The molecule has 0 saturated carbocycles. The van der Waals surface area contributed by atoms with Gasteiger partial charge in [0.1, 0.15) is 0 Å². The molecule has 82 valence electrons. The lowest BCUT2D eigenvalue weighted by Gasteiger charge is -1.93. The van der Waals surface area contributed by atoms with Gasteiger partial charge in [-0.15, -0.1) is 0 Å². The molecule has 1 aromatic carbocycles. The van der Waals surface area contributed by atoms with Gasteiger partial charge in [0.15, 0.2) is 0 Å². The quantitative estimate of drug-likeness (QED) is 0.625. The molecule has 0 unspecified atom stereocenters. The van der Waals surface area contributed by atoms with Crippen LogP contribution in [0, 0.1) is 0 Å². The van der Waals surface area contributed by atoms with Crippen molar-refractivity contribution in [3.63, 3.8) is 0 Å². The Hall–Kier alpha value is -1.98. The van der Waals surface area contributed by atoms with E-state index in [-0.39, 0.29) is 5.91 Å². The molecular formula is C10H5F3NO2+. The molecule has 0 spiro atoms. The van der Waals surface area contributed by atoms with Crippen molar-refractivity contribution in [3.05, 3.63) is 35.4 Å². The molecule has 0 atom stereocenters. The summed E-state index contributed by atoms with van der Waals surface area (Å²) >= 11 is 0. The molecule has 0 aromatic heterocycles. The van der Waals surface area contributed by atoms with Crippen molar-refractivity contribution in [1.29, 1.82) is 0 Å². The number of benzene rings is 1. The van der Waals surface area contributed by atoms with Gasteiger partial charge in [-0.25, -0.2) is 4.42 Å². The number of rotatable bonds is 0. The van der Waals surface area contributed by atoms with Crippen LogP contribution in [0.2, 0.25) is 0 Å². The third-order valence-corrected chi connectivity index (χ3v) is 1.93. The zero-order valence-electron chi connectivity index (χ0n) is 7.78. The van der Waals surface area contributed by atoms with Crippen LogP contribution in [-0.4, -0.2) is 24.3 Å². The lowest BCUT2D eigenvalue weighted by Crippen LogP contribution is -2.22. The van der Waals surface area contributed by atoms with Crippen molar-refractivity contribution in [2.75, 3.05) is 0 Å². The molecule has 1 aliphatic rings. The maximum absolute atomic E-state index is 11.9. The molecule has 0 fully saturated rings. The molecule has 0 aliphatic carbocycles. The van der Waals surface area contributed by atoms with Crippen LogP contribution in [-0.2, 0) is 4.79 Å². The van der Waals surface area contributed by atoms with E-state index < -0.39 is 12.1 Å². The molecule has 1 amide bonds. The largest absolute Gasteiger partial charge is 0.688 e. The van der Waals surface area contributed by atoms with Gasteiger partial charge in [0.05, 0.1) is 10.4 Å². The highest BCUT2D eigenvalue weighted by molar-refractivity contribution is 6.13. The summed E-state index contributed by atoms with van der Waals surface area (Å²) in [5.74, 6) is -2.59. The highest BCUT2D eigenvalue weighted by Crippen LogP contribution is 2.19. The number of halogens is 3. The predicted octanol–water partition coefficient (Wildman–Crippen LogP) is 1.88. The standard InChI is InChI=1S/C10H5F3NO2/c11-10(12,13)9(15)16-8-7-4-2-1-3-6(7)5-14-8/h1-5H/q+1. The first-order valence-corrected chi connectivity index (χ1v) is 4.28. The second kappa shape index (κ2) is 3.55. The van der Waals surface area contributed by atoms with E-state index in [0.29, 0.717) is 11.1 Å². The molecule has 0 saturated heterocycles. The van der Waals surface area contributed by atoms with E-state index in [1.54, 1.807) is 18.2 Å². The summed E-state index contributed by atoms with van der Waals surface area (Å²) in [6.07, 6.45) is -3.67. The summed E-state index contributed by atoms with van der Waals surface area (Å²) < 4.78 is 40.0. The van der Waals surface area contributed by atoms with Crippen molar-refractivity contribution in [2.24, 2.45) is 4.99 Å². The van der Waals surface area contributed by atoms with Gasteiger partial charge in [0.25, 0.3) is 0 Å². The number of nitrogens with zero attached hydrogens (tertiary/aromatic N) is 1. The molecule has 1 aliphatic heterocycles. The first-order chi connectivity index (χ1) is 7.48. The van der Waals surface area contributed by atoms with E-state index in [1.165, 1.54) is 12.3 Å². The summed E-state index contributed by atoms with van der Waals surface area (Å²) in [7, 11) is 0. The second-order valence-corrected chi connectivity index (χ2v) is 3.04. The Morgan fingerprint density at radius 2 is 1.94 bits per heavy atom. The summed E-state index contributed by atoms with van der Waals surface area (Å²) in [6, 6.07) is 6.52. The zero-order chi connectivity index (χ0) is 11.8. The Kier molecular flexibility index (Phi) is 2.34.